The first kappa shape index (κ1) is 56.7. The van der Waals surface area contributed by atoms with Gasteiger partial charge in [-0.3, -0.25) is 38.6 Å². The van der Waals surface area contributed by atoms with Crippen molar-refractivity contribution in [2.45, 2.75) is 25.9 Å². The summed E-state index contributed by atoms with van der Waals surface area (Å²) >= 11 is 4.81. The third-order valence-electron chi connectivity index (χ3n) is 9.80. The van der Waals surface area contributed by atoms with E-state index in [2.05, 4.69) is 20.0 Å². The van der Waals surface area contributed by atoms with Crippen molar-refractivity contribution >= 4 is 77.4 Å². The second-order valence-corrected chi connectivity index (χ2v) is 19.8. The number of methoxy groups -OCH3 is 4. The van der Waals surface area contributed by atoms with Crippen LogP contribution < -0.4 is 30.0 Å². The minimum absolute atomic E-state index is 0.00154. The van der Waals surface area contributed by atoms with Crippen molar-refractivity contribution in [2.24, 2.45) is 0 Å². The number of nitrogens with two attached hydrogens (primary N) is 1. The van der Waals surface area contributed by atoms with E-state index in [1.54, 1.807) is 13.8 Å². The number of anilines is 2. The molecule has 0 saturated heterocycles. The first-order valence-corrected chi connectivity index (χ1v) is 25.2. The molecule has 2 aromatic heterocycles. The van der Waals surface area contributed by atoms with Gasteiger partial charge in [0.2, 0.25) is 11.1 Å². The number of ether oxygens (including phenoxy) is 6. The number of hydrogen-bond donors (Lipinski definition) is 2. The number of nitrogens with zero attached hydrogens (tertiary/aromatic N) is 4. The average Bonchev–Trinajstić information content (AvgIpc) is 3.72. The van der Waals surface area contributed by atoms with Crippen LogP contribution in [0.25, 0.3) is 0 Å². The lowest BCUT2D eigenvalue weighted by Gasteiger charge is -2.26. The van der Waals surface area contributed by atoms with Gasteiger partial charge in [0.25, 0.3) is 35.4 Å². The van der Waals surface area contributed by atoms with Gasteiger partial charge in [0, 0.05) is 32.4 Å². The summed E-state index contributed by atoms with van der Waals surface area (Å²) < 4.78 is 108. The van der Waals surface area contributed by atoms with Crippen LogP contribution in [0.4, 0.5) is 20.2 Å². The minimum atomic E-state index is -3.77. The second-order valence-electron chi connectivity index (χ2n) is 15.0. The summed E-state index contributed by atoms with van der Waals surface area (Å²) in [5, 5.41) is 1.95. The highest BCUT2D eigenvalue weighted by Gasteiger charge is 2.47. The van der Waals surface area contributed by atoms with Gasteiger partial charge in [0.15, 0.2) is 11.5 Å². The Balaban J connectivity index is 0.000000279. The number of carbonyl (C=O) groups excluding carboxylic acids is 6. The van der Waals surface area contributed by atoms with Crippen LogP contribution in [0.1, 0.15) is 78.8 Å². The normalized spacial score (nSPS) is 13.8. The number of benzene rings is 2. The van der Waals surface area contributed by atoms with Gasteiger partial charge in [-0.1, -0.05) is 0 Å². The van der Waals surface area contributed by atoms with Crippen LogP contribution in [-0.2, 0) is 38.7 Å². The molecule has 0 fully saturated rings. The zero-order valence-electron chi connectivity index (χ0n) is 39.4. The predicted molar refractivity (Wildman–Crippen MR) is 250 cm³/mol. The number of carbonyl (C=O) groups is 6. The third kappa shape index (κ3) is 13.7. The van der Waals surface area contributed by atoms with E-state index in [4.69, 9.17) is 41.0 Å². The Morgan fingerprint density at radius 2 is 1.06 bits per heavy atom. The SMILES string of the molecule is CCOc1nc(C(CS(C)(=O)=O)N2C(=O)c3c(F)ccc(NC(=O)COC)c3C2=O)ccc1OC.CCOc1nc(C(CS(C)(=O)=O)N2C(=O)c3c(N)ccc(F)c3C2=O)ccc1OC.COCC(=O)Cl. The van der Waals surface area contributed by atoms with Crippen LogP contribution >= 0.6 is 11.6 Å². The van der Waals surface area contributed by atoms with Crippen LogP contribution in [0.2, 0.25) is 0 Å². The number of imide groups is 2. The van der Waals surface area contributed by atoms with Crippen molar-refractivity contribution in [3.63, 3.8) is 0 Å². The fourth-order valence-corrected chi connectivity index (χ4v) is 8.91. The fourth-order valence-electron chi connectivity index (χ4n) is 7.01. The van der Waals surface area contributed by atoms with Crippen molar-refractivity contribution in [3.8, 4) is 23.3 Å². The number of sulfone groups is 2. The van der Waals surface area contributed by atoms with Gasteiger partial charge in [0.05, 0.1) is 90.4 Å². The zero-order chi connectivity index (χ0) is 53.1. The molecule has 2 aromatic carbocycles. The van der Waals surface area contributed by atoms with E-state index in [9.17, 15) is 54.4 Å². The topological polar surface area (TPSA) is 296 Å². The number of fused-ring (bicyclic) bond motifs is 2. The summed E-state index contributed by atoms with van der Waals surface area (Å²) in [6.07, 6.45) is 1.89. The van der Waals surface area contributed by atoms with Gasteiger partial charge in [-0.05, 0) is 74.0 Å². The van der Waals surface area contributed by atoms with Crippen LogP contribution in [0, 0.1) is 11.6 Å². The van der Waals surface area contributed by atoms with E-state index in [0.717, 1.165) is 30.7 Å². The molecule has 2 aliphatic heterocycles. The Hall–Kier alpha value is -6.87. The lowest BCUT2D eigenvalue weighted by molar-refractivity contribution is -0.119. The minimum Gasteiger partial charge on any atom is -0.491 e. The summed E-state index contributed by atoms with van der Waals surface area (Å²) in [7, 11) is -1.95. The molecule has 5 amide bonds. The quantitative estimate of drug-likeness (QED) is 0.0770. The number of nitrogens with one attached hydrogen (secondary N) is 1. The van der Waals surface area contributed by atoms with Gasteiger partial charge in [-0.25, -0.2) is 35.6 Å². The molecule has 27 heteroatoms. The number of hydrogen-bond acceptors (Lipinski definition) is 19. The second kappa shape index (κ2) is 24.3. The number of amides is 5. The van der Waals surface area contributed by atoms with Crippen molar-refractivity contribution in [2.75, 3.05) is 89.9 Å². The van der Waals surface area contributed by atoms with Crippen LogP contribution in [0.15, 0.2) is 48.5 Å². The maximum atomic E-state index is 14.7. The number of nitrogen functional groups attached to an aromatic ring is 1. The zero-order valence-corrected chi connectivity index (χ0v) is 41.8. The highest BCUT2D eigenvalue weighted by molar-refractivity contribution is 7.90. The summed E-state index contributed by atoms with van der Waals surface area (Å²) in [5.74, 6) is -7.14. The molecule has 3 N–H and O–H groups in total. The predicted octanol–water partition coefficient (Wildman–Crippen LogP) is 3.59. The monoisotopic (exact) mass is 1050 g/mol. The molecule has 2 atom stereocenters. The first-order valence-electron chi connectivity index (χ1n) is 20.7. The van der Waals surface area contributed by atoms with Gasteiger partial charge in [-0.15, -0.1) is 0 Å². The maximum Gasteiger partial charge on any atom is 0.265 e. The molecule has 0 spiro atoms. The Bertz CT molecular complexity index is 2910. The average molecular weight is 1060 g/mol. The number of rotatable bonds is 19. The van der Waals surface area contributed by atoms with Crippen LogP contribution in [-0.4, -0.2) is 150 Å². The Morgan fingerprint density at radius 1 is 0.648 bits per heavy atom. The molecule has 4 heterocycles. The molecule has 4 aromatic rings. The van der Waals surface area contributed by atoms with Gasteiger partial charge in [-0.2, -0.15) is 0 Å². The van der Waals surface area contributed by atoms with E-state index in [1.807, 2.05) is 0 Å². The summed E-state index contributed by atoms with van der Waals surface area (Å²) in [4.78, 5) is 84.2. The summed E-state index contributed by atoms with van der Waals surface area (Å²) in [6.45, 7) is 3.54. The highest BCUT2D eigenvalue weighted by atomic mass is 35.5. The highest BCUT2D eigenvalue weighted by Crippen LogP contribution is 2.40. The van der Waals surface area contributed by atoms with Crippen molar-refractivity contribution in [1.29, 1.82) is 0 Å². The van der Waals surface area contributed by atoms with E-state index in [1.165, 1.54) is 58.8 Å². The molecule has 384 valence electrons. The molecule has 0 radical (unpaired) electrons. The maximum absolute atomic E-state index is 14.7. The van der Waals surface area contributed by atoms with Gasteiger partial charge >= 0.3 is 0 Å². The van der Waals surface area contributed by atoms with Crippen LogP contribution in [0.3, 0.4) is 0 Å². The molecule has 2 unspecified atom stereocenters. The molecular formula is C44H49ClF2N6O16S2. The van der Waals surface area contributed by atoms with Crippen molar-refractivity contribution < 1.29 is 82.8 Å². The van der Waals surface area contributed by atoms with E-state index >= 15 is 0 Å². The molecule has 0 aliphatic carbocycles. The van der Waals surface area contributed by atoms with Gasteiger partial charge in [0.1, 0.15) is 44.5 Å². The van der Waals surface area contributed by atoms with Crippen molar-refractivity contribution in [3.05, 3.63) is 93.8 Å². The lowest BCUT2D eigenvalue weighted by Crippen LogP contribution is -2.38. The summed E-state index contributed by atoms with van der Waals surface area (Å²) in [5.41, 5.74) is 3.92. The van der Waals surface area contributed by atoms with Crippen molar-refractivity contribution in [1.82, 2.24) is 19.8 Å². The Kier molecular flexibility index (Phi) is 19.4. The molecule has 71 heavy (non-hydrogen) atoms. The number of aromatic nitrogens is 2. The molecule has 2 aliphatic rings. The smallest absolute Gasteiger partial charge is 0.265 e. The standard InChI is InChI=1S/C22H24FN3O8S.C19H20FN3O6S.C3H5ClO2/c1-5-34-20-16(33-3)9-8-13(25-20)15(11-35(4,30)31)26-21(28)18-12(23)6-7-14(19(18)22(26)29)24-17(27)10-32-2;1-4-29-17-14(28-2)8-7-12(22-17)13(9-30(3,26)27)23-18(24)15-10(20)5-6-11(21)16(15)19(23)25;1-6-2-3(4)5/h6-9,15H,5,10-11H2,1-4H3,(H,24,27);5-8,13H,4,9,21H2,1-3H3;2H2,1H3. The molecule has 6 rings (SSSR count). The first-order chi connectivity index (χ1) is 33.4. The molecule has 22 nitrogen and oxygen atoms in total. The largest absolute Gasteiger partial charge is 0.491 e. The molecular weight excluding hydrogens is 1010 g/mol. The molecule has 0 saturated carbocycles. The fraction of sp³-hybridized carbons (Fsp3) is 0.364. The number of halogens is 3. The van der Waals surface area contributed by atoms with E-state index in [0.29, 0.717) is 9.80 Å². The van der Waals surface area contributed by atoms with Gasteiger partial charge < -0.3 is 39.5 Å². The number of pyridine rings is 2. The third-order valence-corrected chi connectivity index (χ3v) is 11.8. The summed E-state index contributed by atoms with van der Waals surface area (Å²) in [6, 6.07) is 7.23. The Morgan fingerprint density at radius 3 is 1.42 bits per heavy atom. The van der Waals surface area contributed by atoms with Crippen LogP contribution in [0.5, 0.6) is 23.3 Å². The molecule has 0 bridgehead atoms. The van der Waals surface area contributed by atoms with E-state index < -0.39 is 106 Å². The lowest BCUT2D eigenvalue weighted by atomic mass is 10.1. The Labute approximate surface area is 411 Å². The van der Waals surface area contributed by atoms with E-state index in [-0.39, 0.29) is 78.0 Å².